The van der Waals surface area contributed by atoms with Gasteiger partial charge in [0.05, 0.1) is 0 Å². The van der Waals surface area contributed by atoms with E-state index >= 15 is 0 Å². The molecule has 2 aromatic rings. The van der Waals surface area contributed by atoms with Gasteiger partial charge < -0.3 is 10.6 Å². The topological polar surface area (TPSA) is 65.7 Å². The van der Waals surface area contributed by atoms with Gasteiger partial charge in [0, 0.05) is 49.9 Å². The molecule has 1 amide bonds. The average molecular weight is 458 g/mol. The van der Waals surface area contributed by atoms with Gasteiger partial charge in [-0.05, 0) is 75.6 Å². The molecule has 1 aromatic heterocycles. The van der Waals surface area contributed by atoms with Crippen LogP contribution in [0.15, 0.2) is 36.5 Å². The van der Waals surface area contributed by atoms with Crippen LogP contribution in [0, 0.1) is 17.6 Å². The molecule has 6 nitrogen and oxygen atoms in total. The van der Waals surface area contributed by atoms with Gasteiger partial charge in [0.25, 0.3) is 0 Å². The molecule has 1 aromatic carbocycles. The summed E-state index contributed by atoms with van der Waals surface area (Å²) in [5.41, 5.74) is 7.03. The van der Waals surface area contributed by atoms with Crippen LogP contribution >= 0.6 is 0 Å². The molecule has 2 N–H and O–H groups in total. The first-order valence-electron chi connectivity index (χ1n) is 11.8. The van der Waals surface area contributed by atoms with Crippen molar-refractivity contribution in [2.24, 2.45) is 5.92 Å². The Hall–Kier alpha value is -2.58. The first-order chi connectivity index (χ1) is 15.9. The van der Waals surface area contributed by atoms with Crippen LogP contribution in [0.4, 0.5) is 14.6 Å². The number of carbonyl (C=O) groups is 1. The average Bonchev–Trinajstić information content (AvgIpc) is 2.82. The number of hydrogen-bond acceptors (Lipinski definition) is 5. The molecule has 2 saturated heterocycles. The summed E-state index contributed by atoms with van der Waals surface area (Å²) >= 11 is 0. The number of nitrogen functional groups attached to an aromatic ring is 1. The Morgan fingerprint density at radius 1 is 1.09 bits per heavy atom. The van der Waals surface area contributed by atoms with Gasteiger partial charge in [-0.1, -0.05) is 6.07 Å². The van der Waals surface area contributed by atoms with E-state index in [1.807, 2.05) is 29.0 Å². The van der Waals surface area contributed by atoms with E-state index in [1.54, 1.807) is 6.20 Å². The molecule has 2 aliphatic rings. The monoisotopic (exact) mass is 457 g/mol. The lowest BCUT2D eigenvalue weighted by molar-refractivity contribution is -0.138. The predicted octanol–water partition coefficient (Wildman–Crippen LogP) is 3.28. The summed E-state index contributed by atoms with van der Waals surface area (Å²) in [5, 5.41) is 0. The second-order valence-electron chi connectivity index (χ2n) is 9.31. The van der Waals surface area contributed by atoms with E-state index in [-0.39, 0.29) is 30.0 Å². The van der Waals surface area contributed by atoms with Crippen LogP contribution in [0.5, 0.6) is 0 Å². The van der Waals surface area contributed by atoms with Gasteiger partial charge in [-0.3, -0.25) is 14.6 Å². The fourth-order valence-electron chi connectivity index (χ4n) is 5.04. The van der Waals surface area contributed by atoms with Gasteiger partial charge in [-0.2, -0.15) is 0 Å². The standard InChI is InChI=1S/C25H33F2N5O/c1-30(17-21-22(26)3-2-4-23(21)27)20-8-13-32(14-9-20)25(33)19-6-11-31(12-7-19)16-18-5-10-29-24(28)15-18/h2-5,10,15,19-20H,6-9,11-14,16-17H2,1H3,(H2,28,29). The van der Waals surface area contributed by atoms with Gasteiger partial charge in [0.2, 0.25) is 5.91 Å². The van der Waals surface area contributed by atoms with E-state index in [1.165, 1.54) is 18.2 Å². The van der Waals surface area contributed by atoms with Crippen LogP contribution in [0.3, 0.4) is 0 Å². The summed E-state index contributed by atoms with van der Waals surface area (Å²) in [6, 6.07) is 8.07. The minimum absolute atomic E-state index is 0.0746. The maximum Gasteiger partial charge on any atom is 0.225 e. The largest absolute Gasteiger partial charge is 0.384 e. The van der Waals surface area contributed by atoms with Crippen LogP contribution in [0.1, 0.15) is 36.8 Å². The number of nitrogens with two attached hydrogens (primary N) is 1. The zero-order valence-corrected chi connectivity index (χ0v) is 19.2. The number of carbonyl (C=O) groups excluding carboxylic acids is 1. The molecule has 0 saturated carbocycles. The van der Waals surface area contributed by atoms with Crippen molar-refractivity contribution in [1.82, 2.24) is 19.7 Å². The van der Waals surface area contributed by atoms with E-state index < -0.39 is 11.6 Å². The molecule has 4 rings (SSSR count). The Morgan fingerprint density at radius 3 is 2.39 bits per heavy atom. The first kappa shape index (κ1) is 23.6. The van der Waals surface area contributed by atoms with Gasteiger partial charge in [-0.15, -0.1) is 0 Å². The number of hydrogen-bond donors (Lipinski definition) is 1. The highest BCUT2D eigenvalue weighted by Crippen LogP contribution is 2.25. The molecule has 33 heavy (non-hydrogen) atoms. The Balaban J connectivity index is 1.22. The lowest BCUT2D eigenvalue weighted by Gasteiger charge is -2.39. The van der Waals surface area contributed by atoms with Crippen molar-refractivity contribution >= 4 is 11.7 Å². The molecule has 2 aliphatic heterocycles. The highest BCUT2D eigenvalue weighted by atomic mass is 19.1. The molecular formula is C25H33F2N5O. The molecule has 0 unspecified atom stereocenters. The van der Waals surface area contributed by atoms with Crippen LogP contribution in [0.25, 0.3) is 0 Å². The highest BCUT2D eigenvalue weighted by molar-refractivity contribution is 5.79. The molecule has 0 radical (unpaired) electrons. The summed E-state index contributed by atoms with van der Waals surface area (Å²) in [4.78, 5) is 23.5. The van der Waals surface area contributed by atoms with Gasteiger partial charge >= 0.3 is 0 Å². The molecule has 178 valence electrons. The van der Waals surface area contributed by atoms with E-state index in [0.717, 1.165) is 50.9 Å². The first-order valence-corrected chi connectivity index (χ1v) is 11.8. The minimum atomic E-state index is -0.506. The summed E-state index contributed by atoms with van der Waals surface area (Å²) in [5.74, 6) is -0.151. The smallest absolute Gasteiger partial charge is 0.225 e. The molecule has 0 aliphatic carbocycles. The Labute approximate surface area is 194 Å². The molecular weight excluding hydrogens is 424 g/mol. The van der Waals surface area contributed by atoms with Crippen LogP contribution in [-0.4, -0.2) is 64.9 Å². The zero-order chi connectivity index (χ0) is 23.4. The van der Waals surface area contributed by atoms with Crippen LogP contribution < -0.4 is 5.73 Å². The zero-order valence-electron chi connectivity index (χ0n) is 19.2. The molecule has 8 heteroatoms. The lowest BCUT2D eigenvalue weighted by Crippen LogP contribution is -2.48. The summed E-state index contributed by atoms with van der Waals surface area (Å²) in [7, 11) is 1.90. The quantitative estimate of drug-likeness (QED) is 0.721. The van der Waals surface area contributed by atoms with E-state index in [9.17, 15) is 13.6 Å². The number of rotatable bonds is 6. The van der Waals surface area contributed by atoms with Gasteiger partial charge in [0.15, 0.2) is 0 Å². The summed E-state index contributed by atoms with van der Waals surface area (Å²) < 4.78 is 28.0. The third-order valence-electron chi connectivity index (χ3n) is 7.06. The van der Waals surface area contributed by atoms with Crippen LogP contribution in [-0.2, 0) is 17.9 Å². The number of pyridine rings is 1. The summed E-state index contributed by atoms with van der Waals surface area (Å²) in [6.07, 6.45) is 5.10. The van der Waals surface area contributed by atoms with Crippen molar-refractivity contribution in [2.45, 2.75) is 44.8 Å². The number of anilines is 1. The highest BCUT2D eigenvalue weighted by Gasteiger charge is 2.32. The lowest BCUT2D eigenvalue weighted by atomic mass is 9.93. The molecule has 3 heterocycles. The number of nitrogens with zero attached hydrogens (tertiary/aromatic N) is 4. The van der Waals surface area contributed by atoms with E-state index in [0.29, 0.717) is 18.9 Å². The Morgan fingerprint density at radius 2 is 1.76 bits per heavy atom. The Bertz CT molecular complexity index is 935. The van der Waals surface area contributed by atoms with Gasteiger partial charge in [-0.25, -0.2) is 13.8 Å². The number of benzene rings is 1. The fraction of sp³-hybridized carbons (Fsp3) is 0.520. The molecule has 0 bridgehead atoms. The number of aromatic nitrogens is 1. The maximum absolute atomic E-state index is 14.0. The minimum Gasteiger partial charge on any atom is -0.384 e. The third kappa shape index (κ3) is 5.86. The molecule has 2 fully saturated rings. The number of piperidine rings is 2. The van der Waals surface area contributed by atoms with Crippen molar-refractivity contribution in [3.05, 3.63) is 59.3 Å². The fourth-order valence-corrected chi connectivity index (χ4v) is 5.04. The van der Waals surface area contributed by atoms with Gasteiger partial charge in [0.1, 0.15) is 17.5 Å². The SMILES string of the molecule is CN(Cc1c(F)cccc1F)C1CCN(C(=O)C2CCN(Cc3ccnc(N)c3)CC2)CC1. The second-order valence-corrected chi connectivity index (χ2v) is 9.31. The van der Waals surface area contributed by atoms with Crippen molar-refractivity contribution in [2.75, 3.05) is 39.0 Å². The third-order valence-corrected chi connectivity index (χ3v) is 7.06. The Kier molecular flexibility index (Phi) is 7.55. The van der Waals surface area contributed by atoms with Crippen molar-refractivity contribution < 1.29 is 13.6 Å². The molecule has 0 spiro atoms. The summed E-state index contributed by atoms with van der Waals surface area (Å²) in [6.45, 7) is 4.25. The van der Waals surface area contributed by atoms with E-state index in [4.69, 9.17) is 5.73 Å². The molecule has 0 atom stereocenters. The van der Waals surface area contributed by atoms with Crippen LogP contribution in [0.2, 0.25) is 0 Å². The van der Waals surface area contributed by atoms with Crippen molar-refractivity contribution in [1.29, 1.82) is 0 Å². The predicted molar refractivity (Wildman–Crippen MR) is 124 cm³/mol. The number of likely N-dealkylation sites (tertiary alicyclic amines) is 2. The van der Waals surface area contributed by atoms with E-state index in [2.05, 4.69) is 9.88 Å². The van der Waals surface area contributed by atoms with Crippen molar-refractivity contribution in [3.8, 4) is 0 Å². The number of amides is 1. The van der Waals surface area contributed by atoms with Crippen molar-refractivity contribution in [3.63, 3.8) is 0 Å². The number of halogens is 2. The second kappa shape index (κ2) is 10.6. The normalized spacial score (nSPS) is 18.7. The maximum atomic E-state index is 14.0.